The predicted molar refractivity (Wildman–Crippen MR) is 83.1 cm³/mol. The molecule has 0 aliphatic carbocycles. The second kappa shape index (κ2) is 6.60. The number of halogens is 1. The topological polar surface area (TPSA) is 18.5 Å². The van der Waals surface area contributed by atoms with Gasteiger partial charge in [0.05, 0.1) is 0 Å². The molecule has 0 bridgehead atoms. The lowest BCUT2D eigenvalue weighted by Gasteiger charge is -2.39. The lowest BCUT2D eigenvalue weighted by atomic mass is 10.1. The number of piperazine rings is 1. The molecule has 1 aliphatic heterocycles. The Bertz CT molecular complexity index is 412. The molecule has 1 aliphatic rings. The van der Waals surface area contributed by atoms with Gasteiger partial charge in [0, 0.05) is 49.5 Å². The highest BCUT2D eigenvalue weighted by atomic mass is 35.5. The van der Waals surface area contributed by atoms with E-state index in [1.165, 1.54) is 11.3 Å². The molecule has 1 saturated heterocycles. The number of nitrogens with zero attached hydrogens (tertiary/aromatic N) is 2. The Hall–Kier alpha value is -0.770. The molecule has 1 aromatic carbocycles. The molecule has 19 heavy (non-hydrogen) atoms. The van der Waals surface area contributed by atoms with E-state index in [-0.39, 0.29) is 0 Å². The van der Waals surface area contributed by atoms with Crippen LogP contribution >= 0.6 is 11.6 Å². The molecule has 2 rings (SSSR count). The average Bonchev–Trinajstić information content (AvgIpc) is 2.39. The third-order valence-corrected chi connectivity index (χ3v) is 4.03. The summed E-state index contributed by atoms with van der Waals surface area (Å²) in [6, 6.07) is 6.86. The fourth-order valence-corrected chi connectivity index (χ4v) is 2.87. The Morgan fingerprint density at radius 2 is 1.89 bits per heavy atom. The molecule has 0 unspecified atom stereocenters. The van der Waals surface area contributed by atoms with Crippen LogP contribution in [0.5, 0.6) is 0 Å². The van der Waals surface area contributed by atoms with Crippen LogP contribution in [0.25, 0.3) is 0 Å². The minimum Gasteiger partial charge on any atom is -0.369 e. The van der Waals surface area contributed by atoms with Crippen molar-refractivity contribution in [2.75, 3.05) is 38.1 Å². The van der Waals surface area contributed by atoms with Gasteiger partial charge in [0.2, 0.25) is 0 Å². The Kier molecular flexibility index (Phi) is 5.08. The highest BCUT2D eigenvalue weighted by Gasteiger charge is 2.20. The zero-order valence-electron chi connectivity index (χ0n) is 12.1. The standard InChI is InChI=1S/C15H24ClN3/c1-12(2)18-6-8-19(9-7-18)15-5-4-14(16)10-13(15)11-17-3/h4-5,10,12,17H,6-9,11H2,1-3H3. The van der Waals surface area contributed by atoms with Crippen molar-refractivity contribution in [3.8, 4) is 0 Å². The van der Waals surface area contributed by atoms with Crippen molar-refractivity contribution in [1.29, 1.82) is 0 Å². The summed E-state index contributed by atoms with van der Waals surface area (Å²) in [5.74, 6) is 0. The van der Waals surface area contributed by atoms with Crippen LogP contribution in [-0.2, 0) is 6.54 Å². The summed E-state index contributed by atoms with van der Waals surface area (Å²) in [5.41, 5.74) is 2.61. The third-order valence-electron chi connectivity index (χ3n) is 3.79. The minimum atomic E-state index is 0.643. The molecule has 106 valence electrons. The summed E-state index contributed by atoms with van der Waals surface area (Å²) >= 11 is 6.10. The fourth-order valence-electron chi connectivity index (χ4n) is 2.67. The number of hydrogen-bond acceptors (Lipinski definition) is 3. The lowest BCUT2D eigenvalue weighted by Crippen LogP contribution is -2.49. The first kappa shape index (κ1) is 14.6. The van der Waals surface area contributed by atoms with Crippen LogP contribution in [-0.4, -0.2) is 44.2 Å². The first-order valence-electron chi connectivity index (χ1n) is 7.04. The van der Waals surface area contributed by atoms with Gasteiger partial charge in [-0.1, -0.05) is 11.6 Å². The summed E-state index contributed by atoms with van der Waals surface area (Å²) in [6.45, 7) is 9.86. The predicted octanol–water partition coefficient (Wildman–Crippen LogP) is 2.59. The van der Waals surface area contributed by atoms with Gasteiger partial charge in [-0.05, 0) is 44.7 Å². The van der Waals surface area contributed by atoms with E-state index in [1.54, 1.807) is 0 Å². The minimum absolute atomic E-state index is 0.643. The second-order valence-electron chi connectivity index (χ2n) is 5.42. The Labute approximate surface area is 121 Å². The molecule has 0 radical (unpaired) electrons. The number of hydrogen-bond donors (Lipinski definition) is 1. The molecule has 0 aromatic heterocycles. The van der Waals surface area contributed by atoms with Crippen LogP contribution in [0.15, 0.2) is 18.2 Å². The first-order valence-corrected chi connectivity index (χ1v) is 7.41. The molecule has 0 atom stereocenters. The highest BCUT2D eigenvalue weighted by molar-refractivity contribution is 6.30. The van der Waals surface area contributed by atoms with Gasteiger partial charge in [0.25, 0.3) is 0 Å². The maximum Gasteiger partial charge on any atom is 0.0413 e. The van der Waals surface area contributed by atoms with Gasteiger partial charge in [-0.15, -0.1) is 0 Å². The molecule has 1 aromatic rings. The average molecular weight is 282 g/mol. The molecule has 0 spiro atoms. The largest absolute Gasteiger partial charge is 0.369 e. The molecule has 0 amide bonds. The van der Waals surface area contributed by atoms with E-state index in [9.17, 15) is 0 Å². The fraction of sp³-hybridized carbons (Fsp3) is 0.600. The molecule has 3 nitrogen and oxygen atoms in total. The zero-order valence-corrected chi connectivity index (χ0v) is 12.9. The quantitative estimate of drug-likeness (QED) is 0.915. The van der Waals surface area contributed by atoms with E-state index in [4.69, 9.17) is 11.6 Å². The van der Waals surface area contributed by atoms with Gasteiger partial charge in [0.15, 0.2) is 0 Å². The Balaban J connectivity index is 2.10. The van der Waals surface area contributed by atoms with Crippen molar-refractivity contribution in [1.82, 2.24) is 10.2 Å². The maximum atomic E-state index is 6.10. The zero-order chi connectivity index (χ0) is 13.8. The summed E-state index contributed by atoms with van der Waals surface area (Å²) in [4.78, 5) is 5.01. The molecule has 0 saturated carbocycles. The Morgan fingerprint density at radius 1 is 1.21 bits per heavy atom. The van der Waals surface area contributed by atoms with Crippen LogP contribution in [0.1, 0.15) is 19.4 Å². The summed E-state index contributed by atoms with van der Waals surface area (Å²) in [6.07, 6.45) is 0. The van der Waals surface area contributed by atoms with E-state index < -0.39 is 0 Å². The highest BCUT2D eigenvalue weighted by Crippen LogP contribution is 2.25. The van der Waals surface area contributed by atoms with Gasteiger partial charge in [0.1, 0.15) is 0 Å². The summed E-state index contributed by atoms with van der Waals surface area (Å²) < 4.78 is 0. The van der Waals surface area contributed by atoms with E-state index in [0.717, 1.165) is 37.7 Å². The van der Waals surface area contributed by atoms with Crippen LogP contribution in [0.3, 0.4) is 0 Å². The number of rotatable bonds is 4. The second-order valence-corrected chi connectivity index (χ2v) is 5.86. The van der Waals surface area contributed by atoms with Crippen LogP contribution in [0.2, 0.25) is 5.02 Å². The van der Waals surface area contributed by atoms with Crippen molar-refractivity contribution >= 4 is 17.3 Å². The van der Waals surface area contributed by atoms with Crippen molar-refractivity contribution in [3.05, 3.63) is 28.8 Å². The van der Waals surface area contributed by atoms with Crippen LogP contribution < -0.4 is 10.2 Å². The van der Waals surface area contributed by atoms with Crippen molar-refractivity contribution < 1.29 is 0 Å². The monoisotopic (exact) mass is 281 g/mol. The van der Waals surface area contributed by atoms with Crippen molar-refractivity contribution in [2.45, 2.75) is 26.4 Å². The summed E-state index contributed by atoms with van der Waals surface area (Å²) in [7, 11) is 1.97. The van der Waals surface area contributed by atoms with E-state index in [0.29, 0.717) is 6.04 Å². The number of nitrogens with one attached hydrogen (secondary N) is 1. The van der Waals surface area contributed by atoms with Crippen molar-refractivity contribution in [2.24, 2.45) is 0 Å². The molecular weight excluding hydrogens is 258 g/mol. The number of anilines is 1. The smallest absolute Gasteiger partial charge is 0.0413 e. The molecule has 1 N–H and O–H groups in total. The van der Waals surface area contributed by atoms with E-state index >= 15 is 0 Å². The van der Waals surface area contributed by atoms with Crippen LogP contribution in [0.4, 0.5) is 5.69 Å². The molecule has 1 fully saturated rings. The lowest BCUT2D eigenvalue weighted by molar-refractivity contribution is 0.209. The SMILES string of the molecule is CNCc1cc(Cl)ccc1N1CCN(C(C)C)CC1. The molecular formula is C15H24ClN3. The van der Waals surface area contributed by atoms with Gasteiger partial charge in [-0.2, -0.15) is 0 Å². The number of benzene rings is 1. The van der Waals surface area contributed by atoms with E-state index in [1.807, 2.05) is 13.1 Å². The van der Waals surface area contributed by atoms with Gasteiger partial charge in [-0.3, -0.25) is 4.90 Å². The van der Waals surface area contributed by atoms with Gasteiger partial charge >= 0.3 is 0 Å². The van der Waals surface area contributed by atoms with Crippen molar-refractivity contribution in [3.63, 3.8) is 0 Å². The summed E-state index contributed by atoms with van der Waals surface area (Å²) in [5, 5.41) is 4.04. The maximum absolute atomic E-state index is 6.10. The van der Waals surface area contributed by atoms with Crippen LogP contribution in [0, 0.1) is 0 Å². The van der Waals surface area contributed by atoms with Gasteiger partial charge < -0.3 is 10.2 Å². The molecule has 4 heteroatoms. The third kappa shape index (κ3) is 3.62. The van der Waals surface area contributed by atoms with Gasteiger partial charge in [-0.25, -0.2) is 0 Å². The first-order chi connectivity index (χ1) is 9.11. The Morgan fingerprint density at radius 3 is 2.47 bits per heavy atom. The normalized spacial score (nSPS) is 17.2. The van der Waals surface area contributed by atoms with E-state index in [2.05, 4.69) is 41.1 Å². The molecule has 1 heterocycles.